The first-order valence-electron chi connectivity index (χ1n) is 8.36. The number of carboxylic acids is 1. The van der Waals surface area contributed by atoms with Crippen LogP contribution in [0.25, 0.3) is 0 Å². The van der Waals surface area contributed by atoms with Crippen molar-refractivity contribution >= 4 is 11.9 Å². The molecule has 2 aliphatic heterocycles. The zero-order valence-electron chi connectivity index (χ0n) is 13.8. The lowest BCUT2D eigenvalue weighted by Gasteiger charge is -2.40. The number of piperidine rings is 1. The third-order valence-corrected chi connectivity index (χ3v) is 5.55. The second-order valence-corrected chi connectivity index (χ2v) is 6.95. The summed E-state index contributed by atoms with van der Waals surface area (Å²) in [6, 6.07) is 0. The third kappa shape index (κ3) is 3.15. The summed E-state index contributed by atoms with van der Waals surface area (Å²) in [6.07, 6.45) is 2.35. The molecule has 0 saturated carbocycles. The summed E-state index contributed by atoms with van der Waals surface area (Å²) in [5.74, 6) is -2.47. The highest BCUT2D eigenvalue weighted by atomic mass is 16.7. The molecule has 0 aromatic carbocycles. The molecule has 0 aromatic heterocycles. The predicted molar refractivity (Wildman–Crippen MR) is 82.7 cm³/mol. The van der Waals surface area contributed by atoms with E-state index >= 15 is 0 Å². The van der Waals surface area contributed by atoms with Crippen LogP contribution in [0.1, 0.15) is 39.5 Å². The molecule has 1 amide bonds. The van der Waals surface area contributed by atoms with Crippen molar-refractivity contribution in [2.24, 2.45) is 11.8 Å². The number of hydrogen-bond acceptors (Lipinski definition) is 4. The quantitative estimate of drug-likeness (QED) is 0.784. The second-order valence-electron chi connectivity index (χ2n) is 6.95. The van der Waals surface area contributed by atoms with Crippen LogP contribution in [-0.4, -0.2) is 54.0 Å². The van der Waals surface area contributed by atoms with Gasteiger partial charge in [0.25, 0.3) is 0 Å². The highest BCUT2D eigenvalue weighted by Crippen LogP contribution is 2.37. The maximum absolute atomic E-state index is 12.9. The monoisotopic (exact) mass is 323 g/mol. The van der Waals surface area contributed by atoms with Crippen molar-refractivity contribution in [1.29, 1.82) is 0 Å². The minimum atomic E-state index is -0.869. The van der Waals surface area contributed by atoms with Gasteiger partial charge in [0.2, 0.25) is 5.91 Å². The lowest BCUT2D eigenvalue weighted by atomic mass is 9.75. The van der Waals surface area contributed by atoms with Crippen LogP contribution in [0.2, 0.25) is 0 Å². The lowest BCUT2D eigenvalue weighted by Crippen LogP contribution is -2.50. The van der Waals surface area contributed by atoms with Crippen LogP contribution in [0.4, 0.5) is 0 Å². The summed E-state index contributed by atoms with van der Waals surface area (Å²) in [6.45, 7) is 6.33. The van der Waals surface area contributed by atoms with Gasteiger partial charge in [-0.25, -0.2) is 0 Å². The summed E-state index contributed by atoms with van der Waals surface area (Å²) in [5, 5.41) is 9.49. The van der Waals surface area contributed by atoms with Gasteiger partial charge in [0.1, 0.15) is 0 Å². The van der Waals surface area contributed by atoms with Crippen LogP contribution < -0.4 is 0 Å². The number of carbonyl (C=O) groups excluding carboxylic acids is 1. The maximum atomic E-state index is 12.9. The number of nitrogens with zero attached hydrogens (tertiary/aromatic N) is 1. The molecule has 3 aliphatic rings. The number of rotatable bonds is 2. The van der Waals surface area contributed by atoms with Gasteiger partial charge in [0, 0.05) is 25.9 Å². The van der Waals surface area contributed by atoms with E-state index in [1.165, 1.54) is 0 Å². The van der Waals surface area contributed by atoms with E-state index in [-0.39, 0.29) is 5.91 Å². The zero-order chi connectivity index (χ0) is 16.6. The van der Waals surface area contributed by atoms with E-state index < -0.39 is 23.6 Å². The molecule has 3 rings (SSSR count). The molecule has 23 heavy (non-hydrogen) atoms. The molecule has 2 heterocycles. The van der Waals surface area contributed by atoms with Gasteiger partial charge < -0.3 is 19.5 Å². The number of ether oxygens (including phenoxy) is 2. The Bertz CT molecular complexity index is 525. The smallest absolute Gasteiger partial charge is 0.307 e. The molecule has 6 heteroatoms. The van der Waals surface area contributed by atoms with Gasteiger partial charge in [0.05, 0.1) is 25.0 Å². The molecule has 2 saturated heterocycles. The molecule has 1 N–H and O–H groups in total. The Morgan fingerprint density at radius 2 is 1.57 bits per heavy atom. The maximum Gasteiger partial charge on any atom is 0.307 e. The van der Waals surface area contributed by atoms with E-state index in [4.69, 9.17) is 9.47 Å². The SMILES string of the molecule is CC1=C(C)C[C@@H](C(=O)N2CCC3(CC2)OCCO3)[C@@H](C(=O)O)C1. The Morgan fingerprint density at radius 3 is 2.09 bits per heavy atom. The van der Waals surface area contributed by atoms with E-state index in [9.17, 15) is 14.7 Å². The summed E-state index contributed by atoms with van der Waals surface area (Å²) < 4.78 is 11.4. The standard InChI is InChI=1S/C17H25NO5/c1-11-9-13(14(16(20)21)10-12(11)2)15(19)18-5-3-17(4-6-18)22-7-8-23-17/h13-14H,3-10H2,1-2H3,(H,20,21)/t13-,14+/m1/s1. The summed E-state index contributed by atoms with van der Waals surface area (Å²) >= 11 is 0. The summed E-state index contributed by atoms with van der Waals surface area (Å²) in [5.41, 5.74) is 2.25. The molecule has 1 spiro atoms. The number of likely N-dealkylation sites (tertiary alicyclic amines) is 1. The van der Waals surface area contributed by atoms with Crippen LogP contribution in [-0.2, 0) is 19.1 Å². The van der Waals surface area contributed by atoms with Crippen molar-refractivity contribution in [2.45, 2.75) is 45.3 Å². The van der Waals surface area contributed by atoms with Crippen molar-refractivity contribution in [3.05, 3.63) is 11.1 Å². The third-order valence-electron chi connectivity index (χ3n) is 5.55. The zero-order valence-corrected chi connectivity index (χ0v) is 13.8. The average Bonchev–Trinajstić information content (AvgIpc) is 2.97. The van der Waals surface area contributed by atoms with Crippen LogP contribution in [0.15, 0.2) is 11.1 Å². The topological polar surface area (TPSA) is 76.1 Å². The molecule has 1 aliphatic carbocycles. The van der Waals surface area contributed by atoms with Gasteiger partial charge in [-0.2, -0.15) is 0 Å². The molecule has 0 bridgehead atoms. The Balaban J connectivity index is 1.68. The molecule has 0 aromatic rings. The first-order valence-corrected chi connectivity index (χ1v) is 8.36. The number of hydrogen-bond donors (Lipinski definition) is 1. The van der Waals surface area contributed by atoms with Crippen molar-refractivity contribution < 1.29 is 24.2 Å². The van der Waals surface area contributed by atoms with Gasteiger partial charge >= 0.3 is 5.97 Å². The van der Waals surface area contributed by atoms with Gasteiger partial charge in [-0.05, 0) is 26.7 Å². The number of carbonyl (C=O) groups is 2. The predicted octanol–water partition coefficient (Wildman–Crippen LogP) is 1.80. The fourth-order valence-electron chi connectivity index (χ4n) is 3.90. The molecule has 0 unspecified atom stereocenters. The summed E-state index contributed by atoms with van der Waals surface area (Å²) in [4.78, 5) is 26.3. The van der Waals surface area contributed by atoms with E-state index in [1.807, 2.05) is 13.8 Å². The molecular weight excluding hydrogens is 298 g/mol. The second kappa shape index (κ2) is 6.24. The van der Waals surface area contributed by atoms with Crippen molar-refractivity contribution in [3.8, 4) is 0 Å². The van der Waals surface area contributed by atoms with Crippen LogP contribution in [0.5, 0.6) is 0 Å². The van der Waals surface area contributed by atoms with Crippen LogP contribution in [0, 0.1) is 11.8 Å². The normalized spacial score (nSPS) is 30.8. The molecule has 6 nitrogen and oxygen atoms in total. The van der Waals surface area contributed by atoms with Gasteiger partial charge in [-0.3, -0.25) is 9.59 Å². The van der Waals surface area contributed by atoms with Crippen LogP contribution in [0.3, 0.4) is 0 Å². The molecule has 0 radical (unpaired) electrons. The van der Waals surface area contributed by atoms with E-state index in [1.54, 1.807) is 4.90 Å². The lowest BCUT2D eigenvalue weighted by molar-refractivity contribution is -0.189. The van der Waals surface area contributed by atoms with Gasteiger partial charge in [0.15, 0.2) is 5.79 Å². The minimum Gasteiger partial charge on any atom is -0.481 e. The molecule has 2 fully saturated rings. The van der Waals surface area contributed by atoms with E-state index in [2.05, 4.69) is 0 Å². The van der Waals surface area contributed by atoms with Crippen molar-refractivity contribution in [3.63, 3.8) is 0 Å². The van der Waals surface area contributed by atoms with Crippen molar-refractivity contribution in [2.75, 3.05) is 26.3 Å². The number of aliphatic carboxylic acids is 1. The number of allylic oxidation sites excluding steroid dienone is 2. The molecular formula is C17H25NO5. The van der Waals surface area contributed by atoms with Gasteiger partial charge in [-0.1, -0.05) is 11.1 Å². The Kier molecular flexibility index (Phi) is 4.47. The Labute approximate surface area is 136 Å². The number of carboxylic acid groups (broad SMARTS) is 1. The Hall–Kier alpha value is -1.40. The highest BCUT2D eigenvalue weighted by Gasteiger charge is 2.44. The fourth-order valence-corrected chi connectivity index (χ4v) is 3.90. The highest BCUT2D eigenvalue weighted by molar-refractivity contribution is 5.85. The number of amides is 1. The van der Waals surface area contributed by atoms with Crippen LogP contribution >= 0.6 is 0 Å². The molecule has 128 valence electrons. The first-order chi connectivity index (χ1) is 10.9. The largest absolute Gasteiger partial charge is 0.481 e. The summed E-state index contributed by atoms with van der Waals surface area (Å²) in [7, 11) is 0. The average molecular weight is 323 g/mol. The van der Waals surface area contributed by atoms with Gasteiger partial charge in [-0.15, -0.1) is 0 Å². The Morgan fingerprint density at radius 1 is 1.04 bits per heavy atom. The molecule has 2 atom stereocenters. The fraction of sp³-hybridized carbons (Fsp3) is 0.765. The van der Waals surface area contributed by atoms with E-state index in [0.717, 1.165) is 11.1 Å². The van der Waals surface area contributed by atoms with E-state index in [0.29, 0.717) is 52.0 Å². The minimum absolute atomic E-state index is 0.0305. The van der Waals surface area contributed by atoms with Crippen molar-refractivity contribution in [1.82, 2.24) is 4.90 Å². The first kappa shape index (κ1) is 16.5.